The molecule has 0 aliphatic carbocycles. The third-order valence-electron chi connectivity index (χ3n) is 5.30. The van der Waals surface area contributed by atoms with Crippen molar-refractivity contribution in [1.29, 1.82) is 0 Å². The van der Waals surface area contributed by atoms with E-state index in [2.05, 4.69) is 10.3 Å². The van der Waals surface area contributed by atoms with Crippen LogP contribution in [0, 0.1) is 13.8 Å². The van der Waals surface area contributed by atoms with Crippen molar-refractivity contribution in [2.75, 3.05) is 38.5 Å². The normalized spacial score (nSPS) is 11.7. The number of nitrogens with one attached hydrogen (secondary N) is 2. The molecule has 0 spiro atoms. The Bertz CT molecular complexity index is 1330. The van der Waals surface area contributed by atoms with Crippen molar-refractivity contribution in [2.24, 2.45) is 0 Å². The van der Waals surface area contributed by atoms with E-state index in [1.165, 1.54) is 35.7 Å². The number of nitrogens with zero attached hydrogens (tertiary/aromatic N) is 2. The molecule has 0 unspecified atom stereocenters. The topological polar surface area (TPSA) is 103 Å². The maximum atomic E-state index is 13.3. The largest absolute Gasteiger partial charge is 0.360 e. The molecule has 1 heterocycles. The zero-order valence-electron chi connectivity index (χ0n) is 18.9. The minimum Gasteiger partial charge on any atom is -0.360 e. The van der Waals surface area contributed by atoms with Gasteiger partial charge in [-0.3, -0.25) is 13.9 Å². The average Bonchev–Trinajstić information content (AvgIpc) is 2.74. The summed E-state index contributed by atoms with van der Waals surface area (Å²) in [5.74, 6) is -0.504. The summed E-state index contributed by atoms with van der Waals surface area (Å²) in [6.45, 7) is 4.75. The van der Waals surface area contributed by atoms with Gasteiger partial charge in [0.05, 0.1) is 10.6 Å². The number of sulfonamides is 1. The fourth-order valence-electron chi connectivity index (χ4n) is 3.36. The number of amides is 1. The highest BCUT2D eigenvalue weighted by Crippen LogP contribution is 2.27. The summed E-state index contributed by atoms with van der Waals surface area (Å²) < 4.78 is 27.8. The molecule has 170 valence electrons. The summed E-state index contributed by atoms with van der Waals surface area (Å²) >= 11 is 0. The van der Waals surface area contributed by atoms with E-state index in [9.17, 15) is 18.0 Å². The molecular formula is C23H28N4O4S. The summed E-state index contributed by atoms with van der Waals surface area (Å²) in [5, 5.41) is 2.84. The van der Waals surface area contributed by atoms with Gasteiger partial charge in [-0.15, -0.1) is 0 Å². The molecule has 8 nitrogen and oxygen atoms in total. The number of pyridine rings is 1. The first-order valence-electron chi connectivity index (χ1n) is 10.2. The molecule has 0 radical (unpaired) electrons. The number of carbonyl (C=O) groups excluding carboxylic acids is 1. The van der Waals surface area contributed by atoms with Gasteiger partial charge in [0.1, 0.15) is 5.56 Å². The minimum absolute atomic E-state index is 0.0240. The maximum absolute atomic E-state index is 13.3. The van der Waals surface area contributed by atoms with Gasteiger partial charge in [0, 0.05) is 37.2 Å². The van der Waals surface area contributed by atoms with Crippen LogP contribution in [-0.4, -0.2) is 58.4 Å². The summed E-state index contributed by atoms with van der Waals surface area (Å²) in [6, 6.07) is 9.89. The van der Waals surface area contributed by atoms with E-state index in [0.29, 0.717) is 24.3 Å². The van der Waals surface area contributed by atoms with Gasteiger partial charge in [0.25, 0.3) is 15.9 Å². The number of rotatable bonds is 7. The molecule has 0 aliphatic rings. The molecule has 1 aromatic heterocycles. The summed E-state index contributed by atoms with van der Waals surface area (Å²) in [6.07, 6.45) is 1.35. The van der Waals surface area contributed by atoms with Gasteiger partial charge < -0.3 is 15.2 Å². The first-order valence-corrected chi connectivity index (χ1v) is 11.6. The molecule has 0 atom stereocenters. The average molecular weight is 457 g/mol. The van der Waals surface area contributed by atoms with Crippen LogP contribution in [0.15, 0.2) is 52.3 Å². The second-order valence-electron chi connectivity index (χ2n) is 8.06. The van der Waals surface area contributed by atoms with Crippen molar-refractivity contribution in [1.82, 2.24) is 15.2 Å². The Morgan fingerprint density at radius 2 is 1.78 bits per heavy atom. The van der Waals surface area contributed by atoms with Gasteiger partial charge >= 0.3 is 0 Å². The monoisotopic (exact) mass is 456 g/mol. The molecule has 32 heavy (non-hydrogen) atoms. The lowest BCUT2D eigenvalue weighted by atomic mass is 10.1. The number of benzene rings is 2. The molecule has 0 saturated carbocycles. The Balaban J connectivity index is 2.01. The van der Waals surface area contributed by atoms with Gasteiger partial charge in [0.15, 0.2) is 0 Å². The van der Waals surface area contributed by atoms with Gasteiger partial charge in [0.2, 0.25) is 5.43 Å². The van der Waals surface area contributed by atoms with E-state index in [0.717, 1.165) is 11.1 Å². The molecule has 9 heteroatoms. The molecular weight excluding hydrogens is 428 g/mol. The van der Waals surface area contributed by atoms with E-state index < -0.39 is 21.4 Å². The molecule has 1 amide bonds. The van der Waals surface area contributed by atoms with Crippen LogP contribution in [0.5, 0.6) is 0 Å². The predicted octanol–water partition coefficient (Wildman–Crippen LogP) is 2.26. The molecule has 0 fully saturated rings. The number of anilines is 1. The van der Waals surface area contributed by atoms with Crippen molar-refractivity contribution in [3.63, 3.8) is 0 Å². The van der Waals surface area contributed by atoms with Crippen molar-refractivity contribution in [3.05, 3.63) is 69.5 Å². The van der Waals surface area contributed by atoms with Crippen molar-refractivity contribution in [3.8, 4) is 0 Å². The van der Waals surface area contributed by atoms with E-state index in [1.54, 1.807) is 6.07 Å². The smallest absolute Gasteiger partial charge is 0.264 e. The highest BCUT2D eigenvalue weighted by atomic mass is 32.2. The third-order valence-corrected chi connectivity index (χ3v) is 7.07. The standard InChI is InChI=1S/C23H28N4O4S/c1-15-6-7-16(2)21(12-15)27(5)32(30,31)17-8-9-20-18(13-17)22(28)19(14-25-20)23(29)24-10-11-26(3)4/h6-9,12-14H,10-11H2,1-5H3,(H,24,29)(H,25,28). The third kappa shape index (κ3) is 4.68. The number of aromatic nitrogens is 1. The second kappa shape index (κ2) is 9.13. The highest BCUT2D eigenvalue weighted by Gasteiger charge is 2.24. The second-order valence-corrected chi connectivity index (χ2v) is 10.0. The highest BCUT2D eigenvalue weighted by molar-refractivity contribution is 7.92. The molecule has 0 bridgehead atoms. The number of carbonyl (C=O) groups is 1. The number of H-pyrrole nitrogens is 1. The van der Waals surface area contributed by atoms with Crippen LogP contribution in [-0.2, 0) is 10.0 Å². The number of hydrogen-bond donors (Lipinski definition) is 2. The number of fused-ring (bicyclic) bond motifs is 1. The maximum Gasteiger partial charge on any atom is 0.264 e. The Hall–Kier alpha value is -3.17. The van der Waals surface area contributed by atoms with Crippen LogP contribution in [0.25, 0.3) is 10.9 Å². The van der Waals surface area contributed by atoms with Crippen LogP contribution >= 0.6 is 0 Å². The first-order chi connectivity index (χ1) is 15.0. The minimum atomic E-state index is -3.92. The number of hydrogen-bond acceptors (Lipinski definition) is 5. The quantitative estimate of drug-likeness (QED) is 0.568. The van der Waals surface area contributed by atoms with Crippen LogP contribution in [0.3, 0.4) is 0 Å². The molecule has 2 aromatic carbocycles. The lowest BCUT2D eigenvalue weighted by Crippen LogP contribution is -2.34. The van der Waals surface area contributed by atoms with Crippen LogP contribution < -0.4 is 15.1 Å². The lowest BCUT2D eigenvalue weighted by molar-refractivity contribution is 0.0950. The molecule has 3 aromatic rings. The van der Waals surface area contributed by atoms with Gasteiger partial charge in [-0.2, -0.15) is 0 Å². The van der Waals surface area contributed by atoms with E-state index in [4.69, 9.17) is 0 Å². The van der Waals surface area contributed by atoms with Crippen LogP contribution in [0.2, 0.25) is 0 Å². The fraction of sp³-hybridized carbons (Fsp3) is 0.304. The number of likely N-dealkylation sites (N-methyl/N-ethyl adjacent to an activating group) is 1. The van der Waals surface area contributed by atoms with Crippen LogP contribution in [0.4, 0.5) is 5.69 Å². The van der Waals surface area contributed by atoms with Crippen LogP contribution in [0.1, 0.15) is 21.5 Å². The van der Waals surface area contributed by atoms with E-state index >= 15 is 0 Å². The number of aromatic amines is 1. The molecule has 2 N–H and O–H groups in total. The number of aryl methyl sites for hydroxylation is 2. The molecule has 3 rings (SSSR count). The molecule has 0 saturated heterocycles. The summed E-state index contributed by atoms with van der Waals surface area (Å²) in [5.41, 5.74) is 2.19. The van der Waals surface area contributed by atoms with Crippen molar-refractivity contribution in [2.45, 2.75) is 18.7 Å². The Kier molecular flexibility index (Phi) is 6.71. The zero-order valence-corrected chi connectivity index (χ0v) is 19.7. The van der Waals surface area contributed by atoms with Gasteiger partial charge in [-0.25, -0.2) is 8.42 Å². The molecule has 0 aliphatic heterocycles. The summed E-state index contributed by atoms with van der Waals surface area (Å²) in [7, 11) is 1.33. The van der Waals surface area contributed by atoms with E-state index in [1.807, 2.05) is 45.0 Å². The lowest BCUT2D eigenvalue weighted by Gasteiger charge is -2.22. The SMILES string of the molecule is Cc1ccc(C)c(N(C)S(=O)(=O)c2ccc3[nH]cc(C(=O)NCCN(C)C)c(=O)c3c2)c1. The Morgan fingerprint density at radius 3 is 2.47 bits per heavy atom. The Morgan fingerprint density at radius 1 is 1.06 bits per heavy atom. The van der Waals surface area contributed by atoms with Gasteiger partial charge in [-0.1, -0.05) is 12.1 Å². The predicted molar refractivity (Wildman–Crippen MR) is 127 cm³/mol. The van der Waals surface area contributed by atoms with Crippen molar-refractivity contribution < 1.29 is 13.2 Å². The van der Waals surface area contributed by atoms with Gasteiger partial charge in [-0.05, 0) is 63.3 Å². The first kappa shape index (κ1) is 23.5. The Labute approximate surface area is 187 Å². The van der Waals surface area contributed by atoms with E-state index in [-0.39, 0.29) is 15.8 Å². The summed E-state index contributed by atoms with van der Waals surface area (Å²) in [4.78, 5) is 30.2. The zero-order chi connectivity index (χ0) is 23.6. The van der Waals surface area contributed by atoms with Crippen molar-refractivity contribution >= 4 is 32.5 Å². The fourth-order valence-corrected chi connectivity index (χ4v) is 4.64.